The number of benzene rings is 3. The highest BCUT2D eigenvalue weighted by molar-refractivity contribution is 6.31. The van der Waals surface area contributed by atoms with Gasteiger partial charge in [0.15, 0.2) is 0 Å². The number of carbonyl (C=O) groups is 2. The van der Waals surface area contributed by atoms with Crippen LogP contribution < -0.4 is 10.1 Å². The first kappa shape index (κ1) is 27.2. The average molecular weight is 553 g/mol. The third-order valence-corrected chi connectivity index (χ3v) is 6.23. The first-order valence-corrected chi connectivity index (χ1v) is 12.5. The highest BCUT2D eigenvalue weighted by Crippen LogP contribution is 2.26. The molecule has 196 valence electrons. The fraction of sp³-hybridized carbons (Fsp3) is 0.179. The number of carbonyl (C=O) groups excluding carboxylic acids is 2. The molecule has 0 aliphatic carbocycles. The van der Waals surface area contributed by atoms with Crippen LogP contribution in [0.15, 0.2) is 79.0 Å². The van der Waals surface area contributed by atoms with E-state index in [0.717, 1.165) is 11.3 Å². The lowest BCUT2D eigenvalue weighted by Gasteiger charge is -2.22. The lowest BCUT2D eigenvalue weighted by molar-refractivity contribution is -0.117. The molecule has 0 unspecified atom stereocenters. The molecule has 0 saturated carbocycles. The van der Waals surface area contributed by atoms with Gasteiger partial charge in [-0.05, 0) is 60.7 Å². The molecule has 1 heterocycles. The van der Waals surface area contributed by atoms with Crippen molar-refractivity contribution < 1.29 is 19.1 Å². The molecule has 0 radical (unpaired) electrons. The number of anilines is 1. The molecule has 0 fully saturated rings. The maximum absolute atomic E-state index is 13.2. The van der Waals surface area contributed by atoms with Crippen LogP contribution in [-0.2, 0) is 9.53 Å². The van der Waals surface area contributed by atoms with Crippen LogP contribution in [0.1, 0.15) is 10.4 Å². The lowest BCUT2D eigenvalue weighted by atomic mass is 10.2. The molecule has 8 nitrogen and oxygen atoms in total. The number of ether oxygens (including phenoxy) is 2. The fourth-order valence-corrected chi connectivity index (χ4v) is 3.99. The topological polar surface area (TPSA) is 85.7 Å². The quantitative estimate of drug-likeness (QED) is 0.277. The van der Waals surface area contributed by atoms with Gasteiger partial charge in [0.2, 0.25) is 11.9 Å². The highest BCUT2D eigenvalue weighted by atomic mass is 35.5. The van der Waals surface area contributed by atoms with Crippen LogP contribution in [0.2, 0.25) is 10.0 Å². The Labute approximate surface area is 230 Å². The Hall–Kier alpha value is -3.85. The normalized spacial score (nSPS) is 10.7. The van der Waals surface area contributed by atoms with Gasteiger partial charge < -0.3 is 14.4 Å². The number of aromatic nitrogens is 2. The summed E-state index contributed by atoms with van der Waals surface area (Å²) >= 11 is 12.0. The van der Waals surface area contributed by atoms with E-state index in [2.05, 4.69) is 10.3 Å². The van der Waals surface area contributed by atoms with Gasteiger partial charge in [-0.3, -0.25) is 19.5 Å². The first-order valence-electron chi connectivity index (χ1n) is 11.7. The van der Waals surface area contributed by atoms with Gasteiger partial charge in [-0.2, -0.15) is 0 Å². The van der Waals surface area contributed by atoms with Crippen molar-refractivity contribution in [2.45, 2.75) is 0 Å². The number of imidazole rings is 1. The zero-order valence-electron chi connectivity index (χ0n) is 20.9. The zero-order chi connectivity index (χ0) is 27.1. The third-order valence-electron chi connectivity index (χ3n) is 5.73. The standard InChI is InChI=1S/C28H26Cl2N4O4/c1-37-16-15-33(27(36)20-5-9-22(30)10-6-20)18-26(35)32-28-31-25(19-3-7-21(29)8-4-19)17-34(28)23-11-13-24(38-2)14-12-23/h3-14,17H,15-16,18H2,1-2H3,(H,31,32,35). The van der Waals surface area contributed by atoms with Crippen molar-refractivity contribution in [3.8, 4) is 22.7 Å². The monoisotopic (exact) mass is 552 g/mol. The summed E-state index contributed by atoms with van der Waals surface area (Å²) in [5, 5.41) is 3.99. The Morgan fingerprint density at radius 1 is 0.921 bits per heavy atom. The second kappa shape index (κ2) is 12.6. The summed E-state index contributed by atoms with van der Waals surface area (Å²) in [6.07, 6.45) is 1.82. The molecule has 10 heteroatoms. The van der Waals surface area contributed by atoms with Gasteiger partial charge in [0.25, 0.3) is 5.91 Å². The van der Waals surface area contributed by atoms with Crippen LogP contribution in [0, 0.1) is 0 Å². The Morgan fingerprint density at radius 3 is 2.16 bits per heavy atom. The Morgan fingerprint density at radius 2 is 1.55 bits per heavy atom. The zero-order valence-corrected chi connectivity index (χ0v) is 22.4. The molecule has 0 saturated heterocycles. The molecule has 1 aromatic heterocycles. The molecular weight excluding hydrogens is 527 g/mol. The van der Waals surface area contributed by atoms with E-state index in [0.29, 0.717) is 33.0 Å². The van der Waals surface area contributed by atoms with Gasteiger partial charge in [-0.1, -0.05) is 35.3 Å². The molecular formula is C28H26Cl2N4O4. The minimum absolute atomic E-state index is 0.198. The predicted molar refractivity (Wildman–Crippen MR) is 148 cm³/mol. The second-order valence-electron chi connectivity index (χ2n) is 8.30. The van der Waals surface area contributed by atoms with E-state index in [-0.39, 0.29) is 25.6 Å². The summed E-state index contributed by atoms with van der Waals surface area (Å²) < 4.78 is 12.2. The molecule has 0 aliphatic rings. The number of hydrogen-bond acceptors (Lipinski definition) is 5. The molecule has 1 N–H and O–H groups in total. The van der Waals surface area contributed by atoms with E-state index in [9.17, 15) is 9.59 Å². The van der Waals surface area contributed by atoms with Crippen molar-refractivity contribution >= 4 is 41.0 Å². The number of nitrogens with one attached hydrogen (secondary N) is 1. The predicted octanol–water partition coefficient (Wildman–Crippen LogP) is 5.58. The minimum Gasteiger partial charge on any atom is -0.497 e. The van der Waals surface area contributed by atoms with Crippen molar-refractivity contribution in [2.24, 2.45) is 0 Å². The van der Waals surface area contributed by atoms with E-state index in [1.165, 1.54) is 12.0 Å². The molecule has 4 aromatic rings. The Kier molecular flexibility index (Phi) is 9.02. The van der Waals surface area contributed by atoms with Gasteiger partial charge >= 0.3 is 0 Å². The molecule has 4 rings (SSSR count). The fourth-order valence-electron chi connectivity index (χ4n) is 3.73. The number of rotatable bonds is 10. The summed E-state index contributed by atoms with van der Waals surface area (Å²) in [5.74, 6) is 0.281. The molecule has 3 aromatic carbocycles. The summed E-state index contributed by atoms with van der Waals surface area (Å²) in [6.45, 7) is 0.304. The smallest absolute Gasteiger partial charge is 0.254 e. The maximum atomic E-state index is 13.2. The summed E-state index contributed by atoms with van der Waals surface area (Å²) in [4.78, 5) is 32.4. The van der Waals surface area contributed by atoms with Crippen LogP contribution in [0.5, 0.6) is 5.75 Å². The lowest BCUT2D eigenvalue weighted by Crippen LogP contribution is -2.40. The number of nitrogens with zero attached hydrogens (tertiary/aromatic N) is 3. The number of hydrogen-bond donors (Lipinski definition) is 1. The van der Waals surface area contributed by atoms with E-state index in [1.54, 1.807) is 48.1 Å². The maximum Gasteiger partial charge on any atom is 0.254 e. The van der Waals surface area contributed by atoms with Crippen molar-refractivity contribution in [1.82, 2.24) is 14.5 Å². The minimum atomic E-state index is -0.411. The van der Waals surface area contributed by atoms with Crippen molar-refractivity contribution in [3.05, 3.63) is 94.6 Å². The molecule has 0 spiro atoms. The van der Waals surface area contributed by atoms with E-state index in [4.69, 9.17) is 32.7 Å². The van der Waals surface area contributed by atoms with E-state index >= 15 is 0 Å². The molecule has 0 bridgehead atoms. The Balaban J connectivity index is 1.61. The Bertz CT molecular complexity index is 1390. The van der Waals surface area contributed by atoms with Crippen molar-refractivity contribution in [3.63, 3.8) is 0 Å². The number of halogens is 2. The van der Waals surface area contributed by atoms with Crippen LogP contribution in [0.3, 0.4) is 0 Å². The van der Waals surface area contributed by atoms with Crippen LogP contribution in [0.25, 0.3) is 16.9 Å². The summed E-state index contributed by atoms with van der Waals surface area (Å²) in [5.41, 5.74) is 2.66. The molecule has 0 atom stereocenters. The van der Waals surface area contributed by atoms with Gasteiger partial charge in [0.05, 0.1) is 19.4 Å². The third kappa shape index (κ3) is 6.72. The van der Waals surface area contributed by atoms with E-state index in [1.807, 2.05) is 42.6 Å². The van der Waals surface area contributed by atoms with Gasteiger partial charge in [-0.15, -0.1) is 0 Å². The second-order valence-corrected chi connectivity index (χ2v) is 9.17. The SMILES string of the molecule is COCCN(CC(=O)Nc1nc(-c2ccc(Cl)cc2)cn1-c1ccc(OC)cc1)C(=O)c1ccc(Cl)cc1. The van der Waals surface area contributed by atoms with Crippen LogP contribution >= 0.6 is 23.2 Å². The number of methoxy groups -OCH3 is 2. The van der Waals surface area contributed by atoms with Gasteiger partial charge in [-0.25, -0.2) is 4.98 Å². The largest absolute Gasteiger partial charge is 0.497 e. The van der Waals surface area contributed by atoms with Crippen LogP contribution in [0.4, 0.5) is 5.95 Å². The molecule has 0 aliphatic heterocycles. The summed E-state index contributed by atoms with van der Waals surface area (Å²) in [6, 6.07) is 21.1. The molecule has 2 amide bonds. The van der Waals surface area contributed by atoms with E-state index < -0.39 is 5.91 Å². The van der Waals surface area contributed by atoms with Crippen molar-refractivity contribution in [1.29, 1.82) is 0 Å². The molecule has 38 heavy (non-hydrogen) atoms. The van der Waals surface area contributed by atoms with Crippen LogP contribution in [-0.4, -0.2) is 60.2 Å². The number of amides is 2. The average Bonchev–Trinajstić information content (AvgIpc) is 3.35. The van der Waals surface area contributed by atoms with Gasteiger partial charge in [0, 0.05) is 46.7 Å². The summed E-state index contributed by atoms with van der Waals surface area (Å²) in [7, 11) is 3.13. The van der Waals surface area contributed by atoms with Crippen molar-refractivity contribution in [2.75, 3.05) is 39.2 Å². The van der Waals surface area contributed by atoms with Gasteiger partial charge in [0.1, 0.15) is 12.3 Å². The highest BCUT2D eigenvalue weighted by Gasteiger charge is 2.21. The first-order chi connectivity index (χ1) is 18.4.